The van der Waals surface area contributed by atoms with E-state index in [1.807, 2.05) is 0 Å². The molecule has 0 unspecified atom stereocenters. The summed E-state index contributed by atoms with van der Waals surface area (Å²) >= 11 is 0. The maximum atomic E-state index is 12.8. The van der Waals surface area contributed by atoms with Crippen molar-refractivity contribution >= 4 is 34.5 Å². The summed E-state index contributed by atoms with van der Waals surface area (Å²) in [4.78, 5) is 49.5. The normalized spacial score (nSPS) is 18.6. The molecule has 4 rings (SSSR count). The Labute approximate surface area is 222 Å². The van der Waals surface area contributed by atoms with Crippen molar-refractivity contribution in [2.75, 3.05) is 10.6 Å². The zero-order valence-corrected chi connectivity index (χ0v) is 20.2. The molecule has 2 aromatic rings. The first-order valence-corrected chi connectivity index (χ1v) is 11.6. The number of hydrogen-bond donors (Lipinski definition) is 2. The Bertz CT molecular complexity index is 1390. The molecule has 0 heterocycles. The van der Waals surface area contributed by atoms with Crippen LogP contribution in [0.1, 0.15) is 24.0 Å². The highest BCUT2D eigenvalue weighted by Gasteiger charge is 2.31. The molecule has 40 heavy (non-hydrogen) atoms. The van der Waals surface area contributed by atoms with E-state index in [1.54, 1.807) is 0 Å². The van der Waals surface area contributed by atoms with Gasteiger partial charge in [-0.05, 0) is 60.7 Å². The molecule has 0 aliphatic heterocycles. The summed E-state index contributed by atoms with van der Waals surface area (Å²) < 4.78 is 76.7. The number of alkyl halides is 6. The Morgan fingerprint density at radius 3 is 1.15 bits per heavy atom. The molecule has 12 heteroatoms. The predicted octanol–water partition coefficient (Wildman–Crippen LogP) is 5.95. The number of rotatable bonds is 5. The molecule has 0 bridgehead atoms. The van der Waals surface area contributed by atoms with Crippen LogP contribution >= 0.6 is 0 Å². The van der Waals surface area contributed by atoms with Gasteiger partial charge in [0.05, 0.1) is 35.4 Å². The lowest BCUT2D eigenvalue weighted by Gasteiger charge is -2.17. The lowest BCUT2D eigenvalue weighted by atomic mass is 9.93. The van der Waals surface area contributed by atoms with Gasteiger partial charge in [0.1, 0.15) is 0 Å². The Morgan fingerprint density at radius 1 is 0.525 bits per heavy atom. The van der Waals surface area contributed by atoms with Crippen molar-refractivity contribution in [1.29, 1.82) is 0 Å². The maximum Gasteiger partial charge on any atom is 0.416 e. The fourth-order valence-corrected chi connectivity index (χ4v) is 3.79. The number of Topliss-reactive ketones (excluding diaryl/α,β-unsaturated/α-hetero) is 4. The minimum atomic E-state index is -4.53. The smallest absolute Gasteiger partial charge is 0.353 e. The highest BCUT2D eigenvalue weighted by molar-refractivity contribution is 6.20. The van der Waals surface area contributed by atoms with E-state index in [-0.39, 0.29) is 33.9 Å². The average Bonchev–Trinajstić information content (AvgIpc) is 2.87. The van der Waals surface area contributed by atoms with Crippen LogP contribution < -0.4 is 10.6 Å². The van der Waals surface area contributed by atoms with Gasteiger partial charge in [0, 0.05) is 22.5 Å². The molecule has 0 fully saturated rings. The van der Waals surface area contributed by atoms with E-state index in [4.69, 9.17) is 0 Å². The van der Waals surface area contributed by atoms with Crippen LogP contribution in [-0.2, 0) is 31.5 Å². The second kappa shape index (κ2) is 10.8. The third-order valence-corrected chi connectivity index (χ3v) is 5.91. The molecule has 2 aliphatic rings. The van der Waals surface area contributed by atoms with Gasteiger partial charge < -0.3 is 10.6 Å². The van der Waals surface area contributed by atoms with Crippen molar-refractivity contribution in [3.8, 4) is 0 Å². The molecule has 0 saturated carbocycles. The van der Waals surface area contributed by atoms with Crippen molar-refractivity contribution in [3.05, 3.63) is 107 Å². The van der Waals surface area contributed by atoms with Crippen molar-refractivity contribution < 1.29 is 45.5 Å². The van der Waals surface area contributed by atoms with Crippen LogP contribution in [0.2, 0.25) is 0 Å². The quantitative estimate of drug-likeness (QED) is 0.267. The second-order valence-corrected chi connectivity index (χ2v) is 8.81. The van der Waals surface area contributed by atoms with E-state index < -0.39 is 59.5 Å². The van der Waals surface area contributed by atoms with Gasteiger partial charge in [-0.2, -0.15) is 26.3 Å². The van der Waals surface area contributed by atoms with Crippen molar-refractivity contribution in [3.63, 3.8) is 0 Å². The Balaban J connectivity index is 1.56. The van der Waals surface area contributed by atoms with Gasteiger partial charge in [-0.1, -0.05) is 12.2 Å². The Hall–Kier alpha value is -4.74. The second-order valence-electron chi connectivity index (χ2n) is 8.81. The highest BCUT2D eigenvalue weighted by Crippen LogP contribution is 2.31. The predicted molar refractivity (Wildman–Crippen MR) is 132 cm³/mol. The largest absolute Gasteiger partial charge is 0.416 e. The summed E-state index contributed by atoms with van der Waals surface area (Å²) in [5.41, 5.74) is -1.43. The topological polar surface area (TPSA) is 92.3 Å². The Morgan fingerprint density at radius 2 is 0.850 bits per heavy atom. The van der Waals surface area contributed by atoms with Crippen LogP contribution in [0.25, 0.3) is 0 Å². The summed E-state index contributed by atoms with van der Waals surface area (Å²) in [5, 5.41) is 5.37. The summed E-state index contributed by atoms with van der Waals surface area (Å²) in [6.45, 7) is 0. The number of anilines is 2. The third kappa shape index (κ3) is 6.63. The van der Waals surface area contributed by atoms with Gasteiger partial charge in [-0.25, -0.2) is 0 Å². The maximum absolute atomic E-state index is 12.8. The van der Waals surface area contributed by atoms with Gasteiger partial charge >= 0.3 is 12.4 Å². The van der Waals surface area contributed by atoms with Gasteiger partial charge in [0.2, 0.25) is 0 Å². The number of benzene rings is 2. The monoisotopic (exact) mass is 560 g/mol. The van der Waals surface area contributed by atoms with Gasteiger partial charge in [0.25, 0.3) is 0 Å². The third-order valence-electron chi connectivity index (χ3n) is 5.91. The summed E-state index contributed by atoms with van der Waals surface area (Å²) in [6.07, 6.45) is -5.17. The lowest BCUT2D eigenvalue weighted by molar-refractivity contribution is -0.138. The molecule has 2 aliphatic carbocycles. The molecule has 0 saturated heterocycles. The first-order chi connectivity index (χ1) is 18.7. The average molecular weight is 560 g/mol. The number of carbonyl (C=O) groups excluding carboxylic acids is 4. The standard InChI is InChI=1S/C28H18F6N2O4/c29-27(30,31)17-3-7-19(8-4-17)35-21-11-15(23(37)13-25(21)39)1-2-16-12-22(26(40)14-24(16)38)36-20-9-5-18(6-10-20)28(32,33)34/h1-12,35-36H,13-14H2/b15-1-,16-2+. The minimum Gasteiger partial charge on any atom is -0.353 e. The number of allylic oxidation sites excluding steroid dienone is 8. The minimum absolute atomic E-state index is 0.0249. The molecular weight excluding hydrogens is 542 g/mol. The summed E-state index contributed by atoms with van der Waals surface area (Å²) in [5.74, 6) is -2.30. The van der Waals surface area contributed by atoms with E-state index in [2.05, 4.69) is 10.6 Å². The van der Waals surface area contributed by atoms with Gasteiger partial charge in [-0.15, -0.1) is 0 Å². The molecule has 206 valence electrons. The molecule has 6 nitrogen and oxygen atoms in total. The van der Waals surface area contributed by atoms with Gasteiger partial charge in [-0.3, -0.25) is 19.2 Å². The SMILES string of the molecule is O=C1CC(=O)/C(=C\C=C2/C=C(Nc3ccc(C(F)(F)F)cc3)C(=O)CC2=O)C=C1Nc1ccc(C(F)(F)F)cc1. The van der Waals surface area contributed by atoms with Crippen LogP contribution in [0.4, 0.5) is 37.7 Å². The van der Waals surface area contributed by atoms with E-state index >= 15 is 0 Å². The first kappa shape index (κ1) is 28.3. The molecular formula is C28H18F6N2O4. The zero-order valence-electron chi connectivity index (χ0n) is 20.2. The molecule has 2 N–H and O–H groups in total. The van der Waals surface area contributed by atoms with Crippen LogP contribution in [0.5, 0.6) is 0 Å². The summed E-state index contributed by atoms with van der Waals surface area (Å²) in [7, 11) is 0. The number of nitrogens with one attached hydrogen (secondary N) is 2. The van der Waals surface area contributed by atoms with Crippen LogP contribution in [-0.4, -0.2) is 23.1 Å². The van der Waals surface area contributed by atoms with Crippen molar-refractivity contribution in [2.45, 2.75) is 25.2 Å². The number of halogens is 6. The number of carbonyl (C=O) groups is 4. The van der Waals surface area contributed by atoms with E-state index in [1.165, 1.54) is 24.3 Å². The fraction of sp³-hybridized carbons (Fsp3) is 0.143. The summed E-state index contributed by atoms with van der Waals surface area (Å²) in [6, 6.07) is 7.86. The van der Waals surface area contributed by atoms with Crippen LogP contribution in [0, 0.1) is 0 Å². The Kier molecular flexibility index (Phi) is 7.63. The van der Waals surface area contributed by atoms with Crippen LogP contribution in [0.15, 0.2) is 95.4 Å². The van der Waals surface area contributed by atoms with E-state index in [0.717, 1.165) is 48.5 Å². The molecule has 0 amide bonds. The van der Waals surface area contributed by atoms with E-state index in [9.17, 15) is 45.5 Å². The molecule has 0 aromatic heterocycles. The van der Waals surface area contributed by atoms with Crippen LogP contribution in [0.3, 0.4) is 0 Å². The number of ketones is 4. The molecule has 0 spiro atoms. The number of hydrogen-bond acceptors (Lipinski definition) is 6. The molecule has 0 atom stereocenters. The van der Waals surface area contributed by atoms with E-state index in [0.29, 0.717) is 0 Å². The lowest BCUT2D eigenvalue weighted by Crippen LogP contribution is -2.22. The fourth-order valence-electron chi connectivity index (χ4n) is 3.79. The van der Waals surface area contributed by atoms with Crippen molar-refractivity contribution in [2.24, 2.45) is 0 Å². The highest BCUT2D eigenvalue weighted by atomic mass is 19.4. The van der Waals surface area contributed by atoms with Crippen molar-refractivity contribution in [1.82, 2.24) is 0 Å². The molecule has 2 aromatic carbocycles. The zero-order chi connectivity index (χ0) is 29.2. The first-order valence-electron chi connectivity index (χ1n) is 11.6. The molecule has 0 radical (unpaired) electrons. The van der Waals surface area contributed by atoms with Gasteiger partial charge in [0.15, 0.2) is 23.1 Å².